The maximum absolute atomic E-state index is 15.3. The lowest BCUT2D eigenvalue weighted by Gasteiger charge is -2.34. The molecule has 3 atom stereocenters. The number of rotatable bonds is 10. The van der Waals surface area contributed by atoms with Crippen molar-refractivity contribution in [3.8, 4) is 11.8 Å². The number of aliphatic imine (C=N–C) groups is 1. The quantitative estimate of drug-likeness (QED) is 0.273. The average molecular weight is 629 g/mol. The van der Waals surface area contributed by atoms with Gasteiger partial charge in [-0.05, 0) is 76.3 Å². The number of amides is 4. The molecule has 0 bridgehead atoms. The number of nitrogens with two attached hydrogens (primary N) is 1. The number of nitriles is 1. The third-order valence-corrected chi connectivity index (χ3v) is 8.40. The number of carbonyl (C=O) groups is 3. The molecular formula is C33H49FN6O5. The van der Waals surface area contributed by atoms with Gasteiger partial charge in [0.2, 0.25) is 5.91 Å². The van der Waals surface area contributed by atoms with Gasteiger partial charge in [-0.1, -0.05) is 26.8 Å². The molecule has 0 aromatic heterocycles. The minimum Gasteiger partial charge on any atom is -0.493 e. The van der Waals surface area contributed by atoms with Crippen LogP contribution in [0.25, 0.3) is 0 Å². The number of nitrogens with one attached hydrogen (secondary N) is 1. The van der Waals surface area contributed by atoms with Crippen molar-refractivity contribution in [3.05, 3.63) is 29.6 Å². The molecule has 1 aromatic rings. The Kier molecular flexibility index (Phi) is 12.6. The fraction of sp³-hybridized carbons (Fsp3) is 0.667. The summed E-state index contributed by atoms with van der Waals surface area (Å²) in [6.45, 7) is 13.2. The number of piperidine rings is 1. The van der Waals surface area contributed by atoms with E-state index in [1.807, 2.05) is 13.8 Å². The first kappa shape index (κ1) is 35.6. The molecule has 2 fully saturated rings. The summed E-state index contributed by atoms with van der Waals surface area (Å²) >= 11 is 0. The van der Waals surface area contributed by atoms with Gasteiger partial charge in [0.25, 0.3) is 0 Å². The highest BCUT2D eigenvalue weighted by atomic mass is 19.1. The van der Waals surface area contributed by atoms with Gasteiger partial charge in [0.05, 0.1) is 12.7 Å². The van der Waals surface area contributed by atoms with E-state index < -0.39 is 35.5 Å². The van der Waals surface area contributed by atoms with Gasteiger partial charge in [0.15, 0.2) is 0 Å². The minimum atomic E-state index is -1.10. The number of halogens is 1. The van der Waals surface area contributed by atoms with Crippen molar-refractivity contribution >= 4 is 23.9 Å². The fourth-order valence-electron chi connectivity index (χ4n) is 5.59. The Morgan fingerprint density at radius 2 is 1.84 bits per heavy atom. The molecule has 2 aliphatic heterocycles. The molecule has 2 heterocycles. The van der Waals surface area contributed by atoms with Crippen LogP contribution in [-0.2, 0) is 16.0 Å². The standard InChI is InChI=1S/C33H49FN6O5/c1-21(2)29(36)38-31(42)39-15-11-23(12-16-39)22(3)13-17-44-26-10-9-24(27(34)19-26)18-28(37-32(43)45-33(4,5)6)30(41)40-14-7-8-25(40)20-35/h9-10,19,21-23,25,28H,7-8,11-18H2,1-6H3,(H,37,43)(H2,36,38,42)/t22-,25+,28+/m1/s1. The number of hydrogen-bond acceptors (Lipinski definition) is 6. The van der Waals surface area contributed by atoms with E-state index in [0.717, 1.165) is 19.3 Å². The Hall–Kier alpha value is -3.88. The molecule has 0 spiro atoms. The van der Waals surface area contributed by atoms with Gasteiger partial charge in [-0.2, -0.15) is 10.3 Å². The first-order chi connectivity index (χ1) is 21.2. The topological polar surface area (TPSA) is 150 Å². The Labute approximate surface area is 266 Å². The SMILES string of the molecule is CC(C)C(N)=NC(=O)N1CCC([C@H](C)CCOc2ccc(C[C@H](NC(=O)OC(C)(C)C)C(=O)N3CCC[C@H]3C#N)c(F)c2)CC1. The van der Waals surface area contributed by atoms with Gasteiger partial charge in [-0.3, -0.25) is 4.79 Å². The molecule has 3 N–H and O–H groups in total. The molecule has 0 aliphatic carbocycles. The average Bonchev–Trinajstić information content (AvgIpc) is 3.45. The van der Waals surface area contributed by atoms with Gasteiger partial charge in [0, 0.05) is 38.0 Å². The zero-order valence-electron chi connectivity index (χ0n) is 27.5. The summed E-state index contributed by atoms with van der Waals surface area (Å²) < 4.78 is 26.5. The molecule has 2 aliphatic rings. The van der Waals surface area contributed by atoms with E-state index >= 15 is 4.39 Å². The van der Waals surface area contributed by atoms with E-state index in [-0.39, 0.29) is 23.9 Å². The number of alkyl carbamates (subject to hydrolysis) is 1. The van der Waals surface area contributed by atoms with E-state index in [2.05, 4.69) is 23.3 Å². The maximum atomic E-state index is 15.3. The van der Waals surface area contributed by atoms with Crippen molar-refractivity contribution in [1.29, 1.82) is 5.26 Å². The number of hydrogen-bond donors (Lipinski definition) is 2. The number of nitrogens with zero attached hydrogens (tertiary/aromatic N) is 4. The molecule has 3 rings (SSSR count). The Bertz CT molecular complexity index is 1270. The van der Waals surface area contributed by atoms with E-state index in [0.29, 0.717) is 62.5 Å². The van der Waals surface area contributed by atoms with Gasteiger partial charge in [-0.15, -0.1) is 0 Å². The second kappa shape index (κ2) is 15.9. The number of likely N-dealkylation sites (tertiary alicyclic amines) is 2. The first-order valence-electron chi connectivity index (χ1n) is 15.9. The molecule has 12 heteroatoms. The maximum Gasteiger partial charge on any atom is 0.408 e. The van der Waals surface area contributed by atoms with Crippen LogP contribution in [0.5, 0.6) is 5.75 Å². The number of amidine groups is 1. The van der Waals surface area contributed by atoms with Crippen LogP contribution >= 0.6 is 0 Å². The third kappa shape index (κ3) is 10.6. The van der Waals surface area contributed by atoms with Crippen LogP contribution in [0.2, 0.25) is 0 Å². The molecular weight excluding hydrogens is 579 g/mol. The summed E-state index contributed by atoms with van der Waals surface area (Å²) in [6, 6.07) is 4.67. The van der Waals surface area contributed by atoms with Crippen LogP contribution in [0, 0.1) is 34.9 Å². The lowest BCUT2D eigenvalue weighted by atomic mass is 9.84. The van der Waals surface area contributed by atoms with Gasteiger partial charge < -0.3 is 30.3 Å². The normalized spacial score (nSPS) is 19.2. The van der Waals surface area contributed by atoms with Crippen LogP contribution in [0.3, 0.4) is 0 Å². The minimum absolute atomic E-state index is 0.0246. The van der Waals surface area contributed by atoms with Crippen LogP contribution < -0.4 is 15.8 Å². The number of benzene rings is 1. The Morgan fingerprint density at radius 3 is 2.44 bits per heavy atom. The lowest BCUT2D eigenvalue weighted by molar-refractivity contribution is -0.133. The number of ether oxygens (including phenoxy) is 2. The van der Waals surface area contributed by atoms with Crippen molar-refractivity contribution in [1.82, 2.24) is 15.1 Å². The molecule has 11 nitrogen and oxygen atoms in total. The molecule has 0 radical (unpaired) electrons. The Morgan fingerprint density at radius 1 is 1.16 bits per heavy atom. The monoisotopic (exact) mass is 628 g/mol. The summed E-state index contributed by atoms with van der Waals surface area (Å²) in [5.41, 5.74) is 5.29. The predicted molar refractivity (Wildman–Crippen MR) is 169 cm³/mol. The van der Waals surface area contributed by atoms with Gasteiger partial charge in [0.1, 0.15) is 35.1 Å². The molecule has 0 saturated carbocycles. The van der Waals surface area contributed by atoms with E-state index in [1.54, 1.807) is 37.8 Å². The van der Waals surface area contributed by atoms with Gasteiger partial charge in [-0.25, -0.2) is 14.0 Å². The van der Waals surface area contributed by atoms with E-state index in [4.69, 9.17) is 15.2 Å². The molecule has 248 valence electrons. The number of carbonyl (C=O) groups excluding carboxylic acids is 3. The highest BCUT2D eigenvalue weighted by Crippen LogP contribution is 2.28. The van der Waals surface area contributed by atoms with Crippen LogP contribution in [0.4, 0.5) is 14.0 Å². The summed E-state index contributed by atoms with van der Waals surface area (Å²) in [4.78, 5) is 45.5. The van der Waals surface area contributed by atoms with E-state index in [1.165, 1.54) is 11.0 Å². The number of urea groups is 1. The molecule has 4 amide bonds. The lowest BCUT2D eigenvalue weighted by Crippen LogP contribution is -2.51. The second-order valence-electron chi connectivity index (χ2n) is 13.4. The highest BCUT2D eigenvalue weighted by Gasteiger charge is 2.35. The molecule has 0 unspecified atom stereocenters. The molecule has 45 heavy (non-hydrogen) atoms. The van der Waals surface area contributed by atoms with Crippen molar-refractivity contribution in [2.45, 2.75) is 97.8 Å². The summed E-state index contributed by atoms with van der Waals surface area (Å²) in [5.74, 6) is 0.531. The zero-order valence-corrected chi connectivity index (χ0v) is 27.5. The first-order valence-corrected chi connectivity index (χ1v) is 15.9. The predicted octanol–water partition coefficient (Wildman–Crippen LogP) is 5.03. The summed E-state index contributed by atoms with van der Waals surface area (Å²) in [5, 5.41) is 12.1. The van der Waals surface area contributed by atoms with Gasteiger partial charge >= 0.3 is 12.1 Å². The smallest absolute Gasteiger partial charge is 0.408 e. The Balaban J connectivity index is 1.55. The second-order valence-corrected chi connectivity index (χ2v) is 13.4. The van der Waals surface area contributed by atoms with Crippen molar-refractivity contribution in [2.24, 2.45) is 28.5 Å². The summed E-state index contributed by atoms with van der Waals surface area (Å²) in [7, 11) is 0. The van der Waals surface area contributed by atoms with Crippen molar-refractivity contribution in [3.63, 3.8) is 0 Å². The molecule has 2 saturated heterocycles. The van der Waals surface area contributed by atoms with Crippen LogP contribution in [0.15, 0.2) is 23.2 Å². The largest absolute Gasteiger partial charge is 0.493 e. The van der Waals surface area contributed by atoms with Crippen LogP contribution in [0.1, 0.15) is 79.2 Å². The summed E-state index contributed by atoms with van der Waals surface area (Å²) in [6.07, 6.45) is 2.87. The zero-order chi connectivity index (χ0) is 33.3. The third-order valence-electron chi connectivity index (χ3n) is 8.40. The fourth-order valence-corrected chi connectivity index (χ4v) is 5.59. The van der Waals surface area contributed by atoms with Crippen LogP contribution in [-0.4, -0.2) is 77.6 Å². The highest BCUT2D eigenvalue weighted by molar-refractivity contribution is 5.93. The van der Waals surface area contributed by atoms with E-state index in [9.17, 15) is 19.6 Å². The van der Waals surface area contributed by atoms with Crippen molar-refractivity contribution < 1.29 is 28.2 Å². The van der Waals surface area contributed by atoms with Crippen molar-refractivity contribution in [2.75, 3.05) is 26.2 Å². The molecule has 1 aromatic carbocycles.